The first kappa shape index (κ1) is 22.8. The van der Waals surface area contributed by atoms with Crippen molar-refractivity contribution >= 4 is 28.9 Å². The molecule has 4 aromatic rings. The van der Waals surface area contributed by atoms with E-state index in [-0.39, 0.29) is 12.3 Å². The van der Waals surface area contributed by atoms with Crippen LogP contribution >= 0.6 is 0 Å². The number of nitrogens with zero attached hydrogens (tertiary/aromatic N) is 2. The van der Waals surface area contributed by atoms with E-state index in [1.54, 1.807) is 28.8 Å². The number of anilines is 1. The fraction of sp³-hybridized carbons (Fsp3) is 0.192. The molecule has 1 aromatic heterocycles. The predicted molar refractivity (Wildman–Crippen MR) is 130 cm³/mol. The number of aryl methyl sites for hydroxylation is 3. The largest absolute Gasteiger partial charge is 0.481 e. The van der Waals surface area contributed by atoms with Gasteiger partial charge in [-0.3, -0.25) is 9.59 Å². The quantitative estimate of drug-likeness (QED) is 0.375. The van der Waals surface area contributed by atoms with Gasteiger partial charge < -0.3 is 25.5 Å². The third kappa shape index (κ3) is 4.56. The molecule has 0 unspecified atom stereocenters. The number of nitrogens with one attached hydrogen (secondary N) is 1. The standard InChI is InChI=1S/C26H26N4O4/c1-15-12-18(25(33)28-19(14-22(31)32)17-8-5-4-6-9-17)13-16(2)24(15)34-21-11-7-10-20-23(21)29-26(27)30(20)3/h4-13,19H,14H2,1-3H3,(H2,27,29)(H,28,33)(H,31,32)/t19-/m1/s1. The number of nitrogens with two attached hydrogens (primary N) is 1. The average molecular weight is 459 g/mol. The summed E-state index contributed by atoms with van der Waals surface area (Å²) in [6.07, 6.45) is -0.216. The van der Waals surface area contributed by atoms with Gasteiger partial charge in [-0.25, -0.2) is 4.98 Å². The minimum absolute atomic E-state index is 0.216. The Balaban J connectivity index is 1.61. The Morgan fingerprint density at radius 3 is 2.41 bits per heavy atom. The summed E-state index contributed by atoms with van der Waals surface area (Å²) >= 11 is 0. The summed E-state index contributed by atoms with van der Waals surface area (Å²) in [5.41, 5.74) is 10.1. The van der Waals surface area contributed by atoms with Crippen LogP contribution in [0.4, 0.5) is 5.95 Å². The second-order valence-electron chi connectivity index (χ2n) is 8.23. The molecule has 4 rings (SSSR count). The van der Waals surface area contributed by atoms with Crippen molar-refractivity contribution < 1.29 is 19.4 Å². The lowest BCUT2D eigenvalue weighted by molar-refractivity contribution is -0.137. The van der Waals surface area contributed by atoms with Gasteiger partial charge in [-0.15, -0.1) is 0 Å². The van der Waals surface area contributed by atoms with Crippen LogP contribution < -0.4 is 15.8 Å². The van der Waals surface area contributed by atoms with E-state index in [1.807, 2.05) is 57.3 Å². The van der Waals surface area contributed by atoms with Gasteiger partial charge in [0.25, 0.3) is 5.91 Å². The summed E-state index contributed by atoms with van der Waals surface area (Å²) in [5, 5.41) is 12.2. The molecule has 0 fully saturated rings. The van der Waals surface area contributed by atoms with Crippen LogP contribution in [0.1, 0.15) is 39.5 Å². The van der Waals surface area contributed by atoms with Crippen molar-refractivity contribution in [3.63, 3.8) is 0 Å². The number of aromatic nitrogens is 2. The molecule has 1 atom stereocenters. The number of fused-ring (bicyclic) bond motifs is 1. The number of benzene rings is 3. The van der Waals surface area contributed by atoms with E-state index in [0.29, 0.717) is 28.5 Å². The van der Waals surface area contributed by atoms with Crippen molar-refractivity contribution in [3.8, 4) is 11.5 Å². The monoisotopic (exact) mass is 458 g/mol. The van der Waals surface area contributed by atoms with Crippen LogP contribution in [0.2, 0.25) is 0 Å². The molecule has 0 radical (unpaired) electrons. The van der Waals surface area contributed by atoms with Crippen LogP contribution in [0.15, 0.2) is 60.7 Å². The average Bonchev–Trinajstić information content (AvgIpc) is 3.10. The first-order valence-corrected chi connectivity index (χ1v) is 10.8. The van der Waals surface area contributed by atoms with Crippen LogP contribution in [0.25, 0.3) is 11.0 Å². The number of imidazole rings is 1. The Kier molecular flexibility index (Phi) is 6.23. The first-order valence-electron chi connectivity index (χ1n) is 10.8. The van der Waals surface area contributed by atoms with Crippen LogP contribution in [-0.4, -0.2) is 26.5 Å². The topological polar surface area (TPSA) is 119 Å². The van der Waals surface area contributed by atoms with Gasteiger partial charge in [0.1, 0.15) is 11.3 Å². The summed E-state index contributed by atoms with van der Waals surface area (Å²) in [7, 11) is 1.84. The van der Waals surface area contributed by atoms with Gasteiger partial charge in [0.15, 0.2) is 5.75 Å². The van der Waals surface area contributed by atoms with Gasteiger partial charge in [0.05, 0.1) is 18.0 Å². The first-order chi connectivity index (χ1) is 16.2. The maximum Gasteiger partial charge on any atom is 0.305 e. The molecule has 0 aliphatic carbocycles. The van der Waals surface area contributed by atoms with Gasteiger partial charge in [0.2, 0.25) is 5.95 Å². The lowest BCUT2D eigenvalue weighted by Gasteiger charge is -2.19. The van der Waals surface area contributed by atoms with Crippen LogP contribution in [0.5, 0.6) is 11.5 Å². The van der Waals surface area contributed by atoms with Gasteiger partial charge in [-0.1, -0.05) is 36.4 Å². The van der Waals surface area contributed by atoms with Crippen molar-refractivity contribution in [1.29, 1.82) is 0 Å². The highest BCUT2D eigenvalue weighted by atomic mass is 16.5. The Hall–Kier alpha value is -4.33. The molecular weight excluding hydrogens is 432 g/mol. The summed E-state index contributed by atoms with van der Waals surface area (Å²) in [4.78, 5) is 28.8. The summed E-state index contributed by atoms with van der Waals surface area (Å²) in [6.45, 7) is 3.72. The molecule has 0 spiro atoms. The van der Waals surface area contributed by atoms with Crippen LogP contribution in [-0.2, 0) is 11.8 Å². The zero-order valence-corrected chi connectivity index (χ0v) is 19.2. The second kappa shape index (κ2) is 9.27. The molecule has 1 amide bonds. The zero-order valence-electron chi connectivity index (χ0n) is 19.2. The highest BCUT2D eigenvalue weighted by Crippen LogP contribution is 2.34. The van der Waals surface area contributed by atoms with Gasteiger partial charge >= 0.3 is 5.97 Å². The van der Waals surface area contributed by atoms with Crippen molar-refractivity contribution in [2.24, 2.45) is 7.05 Å². The summed E-state index contributed by atoms with van der Waals surface area (Å²) < 4.78 is 8.01. The molecule has 8 heteroatoms. The summed E-state index contributed by atoms with van der Waals surface area (Å²) in [6, 6.07) is 17.5. The predicted octanol–water partition coefficient (Wildman–Crippen LogP) is 4.51. The van der Waals surface area contributed by atoms with Crippen molar-refractivity contribution in [2.75, 3.05) is 5.73 Å². The number of rotatable bonds is 7. The van der Waals surface area contributed by atoms with Crippen LogP contribution in [0, 0.1) is 13.8 Å². The fourth-order valence-electron chi connectivity index (χ4n) is 4.00. The molecule has 34 heavy (non-hydrogen) atoms. The molecule has 174 valence electrons. The SMILES string of the molecule is Cc1cc(C(=O)N[C@H](CC(=O)O)c2ccccc2)cc(C)c1Oc1cccc2c1nc(N)n2C. The fourth-order valence-corrected chi connectivity index (χ4v) is 4.00. The number of para-hydroxylation sites is 1. The van der Waals surface area contributed by atoms with E-state index in [0.717, 1.165) is 22.2 Å². The van der Waals surface area contributed by atoms with Crippen molar-refractivity contribution in [1.82, 2.24) is 14.9 Å². The summed E-state index contributed by atoms with van der Waals surface area (Å²) in [5.74, 6) is 0.236. The Bertz CT molecular complexity index is 1360. The van der Waals surface area contributed by atoms with Crippen molar-refractivity contribution in [3.05, 3.63) is 82.9 Å². The van der Waals surface area contributed by atoms with E-state index in [4.69, 9.17) is 10.5 Å². The van der Waals surface area contributed by atoms with E-state index >= 15 is 0 Å². The van der Waals surface area contributed by atoms with E-state index < -0.39 is 12.0 Å². The molecule has 8 nitrogen and oxygen atoms in total. The maximum absolute atomic E-state index is 13.0. The third-order valence-corrected chi connectivity index (χ3v) is 5.73. The minimum Gasteiger partial charge on any atom is -0.481 e. The third-order valence-electron chi connectivity index (χ3n) is 5.73. The highest BCUT2D eigenvalue weighted by Gasteiger charge is 2.21. The minimum atomic E-state index is -0.991. The van der Waals surface area contributed by atoms with Crippen LogP contribution in [0.3, 0.4) is 0 Å². The number of aliphatic carboxylic acids is 1. The lowest BCUT2D eigenvalue weighted by Crippen LogP contribution is -2.30. The van der Waals surface area contributed by atoms with Gasteiger partial charge in [0, 0.05) is 12.6 Å². The number of carbonyl (C=O) groups is 2. The normalized spacial score (nSPS) is 11.9. The number of ether oxygens (including phenoxy) is 1. The number of carboxylic acids is 1. The highest BCUT2D eigenvalue weighted by molar-refractivity contribution is 5.95. The van der Waals surface area contributed by atoms with Crippen molar-refractivity contribution in [2.45, 2.75) is 26.3 Å². The number of amides is 1. The Morgan fingerprint density at radius 2 is 1.76 bits per heavy atom. The molecule has 3 aromatic carbocycles. The molecule has 0 aliphatic heterocycles. The number of hydrogen-bond donors (Lipinski definition) is 3. The maximum atomic E-state index is 13.0. The molecule has 0 saturated carbocycles. The molecule has 0 aliphatic rings. The number of carbonyl (C=O) groups excluding carboxylic acids is 1. The van der Waals surface area contributed by atoms with E-state index in [1.165, 1.54) is 0 Å². The molecule has 0 saturated heterocycles. The van der Waals surface area contributed by atoms with Gasteiger partial charge in [-0.05, 0) is 54.8 Å². The lowest BCUT2D eigenvalue weighted by atomic mass is 10.0. The smallest absolute Gasteiger partial charge is 0.305 e. The molecular formula is C26H26N4O4. The number of nitrogen functional groups attached to an aromatic ring is 1. The molecule has 4 N–H and O–H groups in total. The zero-order chi connectivity index (χ0) is 24.4. The second-order valence-corrected chi connectivity index (χ2v) is 8.23. The molecule has 1 heterocycles. The van der Waals surface area contributed by atoms with Gasteiger partial charge in [-0.2, -0.15) is 0 Å². The van der Waals surface area contributed by atoms with E-state index in [9.17, 15) is 14.7 Å². The van der Waals surface area contributed by atoms with E-state index in [2.05, 4.69) is 10.3 Å². The number of carboxylic acid groups (broad SMARTS) is 1. The Morgan fingerprint density at radius 1 is 1.09 bits per heavy atom. The molecule has 0 bridgehead atoms. The number of hydrogen-bond acceptors (Lipinski definition) is 5. The Labute approximate surface area is 197 Å².